The summed E-state index contributed by atoms with van der Waals surface area (Å²) in [5.74, 6) is 0.598. The van der Waals surface area contributed by atoms with E-state index in [2.05, 4.69) is 24.0 Å². The summed E-state index contributed by atoms with van der Waals surface area (Å²) in [6.07, 6.45) is 8.33. The summed E-state index contributed by atoms with van der Waals surface area (Å²) >= 11 is 1.68. The van der Waals surface area contributed by atoms with Crippen LogP contribution in [0.3, 0.4) is 0 Å². The van der Waals surface area contributed by atoms with Gasteiger partial charge in [0.1, 0.15) is 10.7 Å². The van der Waals surface area contributed by atoms with E-state index in [1.54, 1.807) is 11.3 Å². The Morgan fingerprint density at radius 3 is 2.77 bits per heavy atom. The van der Waals surface area contributed by atoms with Crippen LogP contribution < -0.4 is 5.56 Å². The Labute approximate surface area is 179 Å². The Morgan fingerprint density at radius 2 is 1.93 bits per heavy atom. The van der Waals surface area contributed by atoms with Crippen LogP contribution in [0.5, 0.6) is 0 Å². The predicted octanol–water partition coefficient (Wildman–Crippen LogP) is 4.90. The first-order valence-electron chi connectivity index (χ1n) is 10.4. The largest absolute Gasteiger partial charge is 0.306 e. The summed E-state index contributed by atoms with van der Waals surface area (Å²) in [6.45, 7) is 4.83. The van der Waals surface area contributed by atoms with Crippen molar-refractivity contribution < 1.29 is 0 Å². The van der Waals surface area contributed by atoms with Crippen molar-refractivity contribution in [1.82, 2.24) is 19.7 Å². The highest BCUT2D eigenvalue weighted by Gasteiger charge is 2.19. The lowest BCUT2D eigenvalue weighted by Gasteiger charge is -2.09. The first-order valence-corrected chi connectivity index (χ1v) is 11.2. The molecule has 5 nitrogen and oxygen atoms in total. The maximum atomic E-state index is 12.7. The molecule has 3 aromatic heterocycles. The number of fused-ring (bicyclic) bond motifs is 3. The lowest BCUT2D eigenvalue weighted by atomic mass is 9.97. The van der Waals surface area contributed by atoms with Gasteiger partial charge in [0.05, 0.1) is 17.6 Å². The van der Waals surface area contributed by atoms with E-state index in [1.165, 1.54) is 22.4 Å². The van der Waals surface area contributed by atoms with E-state index in [9.17, 15) is 4.79 Å². The minimum atomic E-state index is -0.0210. The zero-order chi connectivity index (χ0) is 20.7. The molecule has 0 aliphatic heterocycles. The summed E-state index contributed by atoms with van der Waals surface area (Å²) in [5, 5.41) is 5.51. The van der Waals surface area contributed by atoms with Gasteiger partial charge in [0.15, 0.2) is 0 Å². The lowest BCUT2D eigenvalue weighted by molar-refractivity contribution is 0.659. The third kappa shape index (κ3) is 3.41. The van der Waals surface area contributed by atoms with Gasteiger partial charge in [0.25, 0.3) is 5.56 Å². The van der Waals surface area contributed by atoms with E-state index in [0.29, 0.717) is 5.82 Å². The highest BCUT2D eigenvalue weighted by molar-refractivity contribution is 7.18. The minimum Gasteiger partial charge on any atom is -0.306 e. The molecule has 0 fully saturated rings. The molecule has 0 spiro atoms. The molecular weight excluding hydrogens is 392 g/mol. The molecule has 5 rings (SSSR count). The van der Waals surface area contributed by atoms with Crippen molar-refractivity contribution >= 4 is 33.7 Å². The van der Waals surface area contributed by atoms with Crippen LogP contribution in [0.4, 0.5) is 0 Å². The topological polar surface area (TPSA) is 63.6 Å². The second-order valence-corrected chi connectivity index (χ2v) is 8.99. The minimum absolute atomic E-state index is 0.0210. The molecule has 1 aromatic carbocycles. The number of hydrogen-bond acceptors (Lipinski definition) is 4. The molecule has 1 aliphatic rings. The van der Waals surface area contributed by atoms with Gasteiger partial charge in [-0.25, -0.2) is 4.98 Å². The molecule has 0 saturated carbocycles. The molecule has 1 N–H and O–H groups in total. The Morgan fingerprint density at radius 1 is 1.13 bits per heavy atom. The van der Waals surface area contributed by atoms with Gasteiger partial charge >= 0.3 is 0 Å². The number of aromatic amines is 1. The third-order valence-electron chi connectivity index (χ3n) is 5.86. The van der Waals surface area contributed by atoms with E-state index < -0.39 is 0 Å². The SMILES string of the molecule is Cc1nn(Cc2ccccc2)c(C)c1/C=C/c1nc2sc3c(c2c(=O)[nH]1)CCCC3. The molecule has 0 atom stereocenters. The van der Waals surface area contributed by atoms with Gasteiger partial charge in [-0.05, 0) is 62.8 Å². The molecule has 4 aromatic rings. The number of H-pyrrole nitrogens is 1. The van der Waals surface area contributed by atoms with E-state index in [1.807, 2.05) is 42.0 Å². The van der Waals surface area contributed by atoms with E-state index in [-0.39, 0.29) is 5.56 Å². The van der Waals surface area contributed by atoms with Gasteiger partial charge in [-0.3, -0.25) is 9.48 Å². The van der Waals surface area contributed by atoms with Crippen LogP contribution in [-0.4, -0.2) is 19.7 Å². The van der Waals surface area contributed by atoms with Gasteiger partial charge in [0.2, 0.25) is 0 Å². The number of nitrogens with zero attached hydrogens (tertiary/aromatic N) is 3. The average Bonchev–Trinajstić information content (AvgIpc) is 3.24. The first kappa shape index (κ1) is 19.0. The van der Waals surface area contributed by atoms with Crippen LogP contribution in [0.1, 0.15) is 51.6 Å². The van der Waals surface area contributed by atoms with Crippen molar-refractivity contribution in [2.24, 2.45) is 0 Å². The van der Waals surface area contributed by atoms with Crippen LogP contribution in [-0.2, 0) is 19.4 Å². The van der Waals surface area contributed by atoms with Crippen LogP contribution in [0.15, 0.2) is 35.1 Å². The number of aryl methyl sites for hydroxylation is 3. The number of thiophene rings is 1. The molecule has 0 amide bonds. The van der Waals surface area contributed by atoms with Crippen molar-refractivity contribution in [1.29, 1.82) is 0 Å². The molecule has 1 aliphatic carbocycles. The lowest BCUT2D eigenvalue weighted by Crippen LogP contribution is -2.11. The van der Waals surface area contributed by atoms with Crippen molar-refractivity contribution in [2.75, 3.05) is 0 Å². The summed E-state index contributed by atoms with van der Waals surface area (Å²) in [6, 6.07) is 10.3. The standard InChI is InChI=1S/C24H24N4OS/c1-15-18(16(2)28(27-15)14-17-8-4-3-5-9-17)12-13-21-25-23(29)22-19-10-6-7-11-20(19)30-24(22)26-21/h3-5,8-9,12-13H,6-7,10-11,14H2,1-2H3,(H,25,26,29)/b13-12+. The fourth-order valence-electron chi connectivity index (χ4n) is 4.28. The van der Waals surface area contributed by atoms with Crippen LogP contribution >= 0.6 is 11.3 Å². The molecule has 0 bridgehead atoms. The van der Waals surface area contributed by atoms with Gasteiger partial charge < -0.3 is 4.98 Å². The van der Waals surface area contributed by atoms with Crippen molar-refractivity contribution in [3.05, 3.63) is 79.5 Å². The summed E-state index contributed by atoms with van der Waals surface area (Å²) in [4.78, 5) is 22.7. The Bertz CT molecular complexity index is 1310. The van der Waals surface area contributed by atoms with E-state index in [4.69, 9.17) is 10.1 Å². The zero-order valence-corrected chi connectivity index (χ0v) is 18.1. The van der Waals surface area contributed by atoms with Gasteiger partial charge in [-0.15, -0.1) is 11.3 Å². The Hall–Kier alpha value is -2.99. The number of nitrogens with one attached hydrogen (secondary N) is 1. The zero-order valence-electron chi connectivity index (χ0n) is 17.2. The predicted molar refractivity (Wildman–Crippen MR) is 123 cm³/mol. The van der Waals surface area contributed by atoms with Crippen molar-refractivity contribution in [3.63, 3.8) is 0 Å². The first-order chi connectivity index (χ1) is 14.6. The number of aromatic nitrogens is 4. The van der Waals surface area contributed by atoms with E-state index in [0.717, 1.165) is 53.0 Å². The molecule has 0 saturated heterocycles. The highest BCUT2D eigenvalue weighted by atomic mass is 32.1. The van der Waals surface area contributed by atoms with Crippen molar-refractivity contribution in [3.8, 4) is 0 Å². The number of benzene rings is 1. The van der Waals surface area contributed by atoms with Gasteiger partial charge in [-0.2, -0.15) is 5.10 Å². The van der Waals surface area contributed by atoms with Crippen LogP contribution in [0, 0.1) is 13.8 Å². The molecule has 0 unspecified atom stereocenters. The van der Waals surface area contributed by atoms with Crippen molar-refractivity contribution in [2.45, 2.75) is 46.1 Å². The molecule has 3 heterocycles. The summed E-state index contributed by atoms with van der Waals surface area (Å²) in [7, 11) is 0. The van der Waals surface area contributed by atoms with Crippen LogP contribution in [0.25, 0.3) is 22.4 Å². The molecule has 30 heavy (non-hydrogen) atoms. The molecule has 152 valence electrons. The summed E-state index contributed by atoms with van der Waals surface area (Å²) < 4.78 is 2.02. The second-order valence-electron chi connectivity index (χ2n) is 7.90. The maximum Gasteiger partial charge on any atom is 0.260 e. The highest BCUT2D eigenvalue weighted by Crippen LogP contribution is 2.33. The fourth-order valence-corrected chi connectivity index (χ4v) is 5.55. The quantitative estimate of drug-likeness (QED) is 0.515. The van der Waals surface area contributed by atoms with Crippen LogP contribution in [0.2, 0.25) is 0 Å². The Kier molecular flexibility index (Phi) is 4.87. The van der Waals surface area contributed by atoms with Gasteiger partial charge in [-0.1, -0.05) is 30.3 Å². The molecular formula is C24H24N4OS. The second kappa shape index (κ2) is 7.69. The Balaban J connectivity index is 1.47. The number of hydrogen-bond donors (Lipinski definition) is 1. The smallest absolute Gasteiger partial charge is 0.260 e. The van der Waals surface area contributed by atoms with E-state index >= 15 is 0 Å². The number of rotatable bonds is 4. The molecule has 6 heteroatoms. The maximum absolute atomic E-state index is 12.7. The van der Waals surface area contributed by atoms with Gasteiger partial charge in [0, 0.05) is 16.1 Å². The monoisotopic (exact) mass is 416 g/mol. The third-order valence-corrected chi connectivity index (χ3v) is 7.05. The average molecular weight is 417 g/mol. The molecule has 0 radical (unpaired) electrons. The fraction of sp³-hybridized carbons (Fsp3) is 0.292. The normalized spacial score (nSPS) is 13.9. The summed E-state index contributed by atoms with van der Waals surface area (Å²) in [5.41, 5.74) is 5.56.